The van der Waals surface area contributed by atoms with Crippen LogP contribution in [0.1, 0.15) is 84.3 Å². The van der Waals surface area contributed by atoms with Crippen LogP contribution in [0.2, 0.25) is 0 Å². The lowest BCUT2D eigenvalue weighted by molar-refractivity contribution is -0.124. The van der Waals surface area contributed by atoms with Crippen molar-refractivity contribution < 1.29 is 19.1 Å². The first kappa shape index (κ1) is 28.6. The number of carbonyl (C=O) groups is 3. The summed E-state index contributed by atoms with van der Waals surface area (Å²) in [5.41, 5.74) is 12.9. The van der Waals surface area contributed by atoms with Crippen LogP contribution in [0.3, 0.4) is 0 Å². The van der Waals surface area contributed by atoms with Crippen LogP contribution in [0, 0.1) is 0 Å². The van der Waals surface area contributed by atoms with Gasteiger partial charge in [0, 0.05) is 11.2 Å². The smallest absolute Gasteiger partial charge is 0.273 e. The molecule has 38 heavy (non-hydrogen) atoms. The minimum absolute atomic E-state index is 0.0211. The Hall–Kier alpha value is -3.92. The van der Waals surface area contributed by atoms with Crippen molar-refractivity contribution in [1.82, 2.24) is 9.69 Å². The number of hydrogen-bond acceptors (Lipinski definition) is 7. The first-order valence-corrected chi connectivity index (χ1v) is 13.1. The van der Waals surface area contributed by atoms with Crippen molar-refractivity contribution in [3.05, 3.63) is 70.2 Å². The van der Waals surface area contributed by atoms with Crippen LogP contribution in [0.5, 0.6) is 5.75 Å². The zero-order valence-corrected chi connectivity index (χ0v) is 23.4. The fourth-order valence-electron chi connectivity index (χ4n) is 3.84. The van der Waals surface area contributed by atoms with Crippen LogP contribution in [0.25, 0.3) is 0 Å². The highest BCUT2D eigenvalue weighted by Gasteiger charge is 2.37. The number of rotatable bonds is 10. The van der Waals surface area contributed by atoms with Gasteiger partial charge in [-0.05, 0) is 73.1 Å². The van der Waals surface area contributed by atoms with E-state index in [0.717, 1.165) is 17.1 Å². The van der Waals surface area contributed by atoms with Gasteiger partial charge in [-0.1, -0.05) is 45.0 Å². The number of nitrogens with zero attached hydrogens (tertiary/aromatic N) is 2. The Morgan fingerprint density at radius 2 is 1.63 bits per heavy atom. The number of carbonyl (C=O) groups excluding carboxylic acids is 3. The molecule has 0 aliphatic heterocycles. The molecule has 3 rings (SSSR count). The summed E-state index contributed by atoms with van der Waals surface area (Å²) in [6.45, 7) is 9.95. The fraction of sp³-hybridized carbons (Fsp3) is 0.357. The van der Waals surface area contributed by atoms with Crippen LogP contribution in [0.15, 0.2) is 48.5 Å². The Morgan fingerprint density at radius 3 is 2.11 bits per heavy atom. The van der Waals surface area contributed by atoms with Crippen LogP contribution in [0.4, 0.5) is 11.4 Å². The highest BCUT2D eigenvalue weighted by molar-refractivity contribution is 7.09. The lowest BCUT2D eigenvalue weighted by Crippen LogP contribution is -2.50. The molecule has 3 aromatic rings. The molecule has 5 N–H and O–H groups in total. The van der Waals surface area contributed by atoms with Crippen molar-refractivity contribution in [3.63, 3.8) is 0 Å². The summed E-state index contributed by atoms with van der Waals surface area (Å²) >= 11 is 0.773. The average molecular weight is 538 g/mol. The lowest BCUT2D eigenvalue weighted by Gasteiger charge is -2.34. The van der Waals surface area contributed by atoms with Crippen LogP contribution in [-0.2, 0) is 4.79 Å². The monoisotopic (exact) mass is 537 g/mol. The van der Waals surface area contributed by atoms with Crippen molar-refractivity contribution in [2.75, 3.05) is 17.7 Å². The second kappa shape index (κ2) is 11.6. The number of anilines is 2. The summed E-state index contributed by atoms with van der Waals surface area (Å²) in [7, 11) is 1.55. The molecular formula is C28H35N5O4S. The molecule has 1 unspecified atom stereocenters. The zero-order chi connectivity index (χ0) is 28.2. The number of methoxy groups -OCH3 is 1. The molecule has 2 aromatic carbocycles. The Bertz CT molecular complexity index is 1300. The molecular weight excluding hydrogens is 502 g/mol. The van der Waals surface area contributed by atoms with E-state index in [1.54, 1.807) is 43.5 Å². The number of nitrogens with one attached hydrogen (secondary N) is 1. The largest absolute Gasteiger partial charge is 0.497 e. The van der Waals surface area contributed by atoms with Gasteiger partial charge in [-0.2, -0.15) is 4.37 Å². The first-order valence-electron chi connectivity index (χ1n) is 12.3. The molecule has 0 radical (unpaired) electrons. The van der Waals surface area contributed by atoms with Crippen molar-refractivity contribution in [2.24, 2.45) is 5.73 Å². The maximum atomic E-state index is 14.2. The van der Waals surface area contributed by atoms with E-state index in [9.17, 15) is 14.4 Å². The molecule has 0 aliphatic rings. The Balaban J connectivity index is 2.24. The second-order valence-electron chi connectivity index (χ2n) is 9.96. The van der Waals surface area contributed by atoms with E-state index in [0.29, 0.717) is 23.4 Å². The molecule has 9 nitrogen and oxygen atoms in total. The predicted molar refractivity (Wildman–Crippen MR) is 151 cm³/mol. The molecule has 0 saturated heterocycles. The van der Waals surface area contributed by atoms with Gasteiger partial charge >= 0.3 is 0 Å². The molecule has 202 valence electrons. The molecule has 0 fully saturated rings. The molecule has 0 bridgehead atoms. The quantitative estimate of drug-likeness (QED) is 0.344. The summed E-state index contributed by atoms with van der Waals surface area (Å²) in [6, 6.07) is 13.3. The van der Waals surface area contributed by atoms with Gasteiger partial charge in [0.15, 0.2) is 5.69 Å². The molecule has 3 amide bonds. The SMILES string of the molecule is CCC(C)(C)NC(=O)C(c1ccc(OC)cc1)N(C(=O)c1snc(C(N)=O)c1N)c1ccc(C(C)C)cc1. The van der Waals surface area contributed by atoms with E-state index in [1.807, 2.05) is 32.9 Å². The number of nitrogens with two attached hydrogens (primary N) is 2. The van der Waals surface area contributed by atoms with Gasteiger partial charge < -0.3 is 21.5 Å². The fourth-order valence-corrected chi connectivity index (χ4v) is 4.58. The van der Waals surface area contributed by atoms with Crippen molar-refractivity contribution >= 4 is 40.6 Å². The van der Waals surface area contributed by atoms with E-state index in [4.69, 9.17) is 16.2 Å². The maximum Gasteiger partial charge on any atom is 0.273 e. The van der Waals surface area contributed by atoms with Gasteiger partial charge in [0.1, 0.15) is 16.7 Å². The summed E-state index contributed by atoms with van der Waals surface area (Å²) in [6.07, 6.45) is 0.675. The highest BCUT2D eigenvalue weighted by Crippen LogP contribution is 2.35. The highest BCUT2D eigenvalue weighted by atomic mass is 32.1. The Kier molecular flexibility index (Phi) is 8.78. The van der Waals surface area contributed by atoms with Crippen molar-refractivity contribution in [2.45, 2.75) is 58.5 Å². The molecule has 1 heterocycles. The van der Waals surface area contributed by atoms with Crippen molar-refractivity contribution in [1.29, 1.82) is 0 Å². The number of amides is 3. The maximum absolute atomic E-state index is 14.2. The third kappa shape index (κ3) is 6.13. The number of hydrogen-bond donors (Lipinski definition) is 3. The summed E-state index contributed by atoms with van der Waals surface area (Å²) in [5, 5.41) is 3.08. The van der Waals surface area contributed by atoms with E-state index in [-0.39, 0.29) is 28.1 Å². The molecule has 10 heteroatoms. The van der Waals surface area contributed by atoms with Crippen LogP contribution < -0.4 is 26.4 Å². The minimum atomic E-state index is -1.07. The predicted octanol–water partition coefficient (Wildman–Crippen LogP) is 4.65. The number of primary amides is 1. The number of benzene rings is 2. The first-order chi connectivity index (χ1) is 17.9. The summed E-state index contributed by atoms with van der Waals surface area (Å²) < 4.78 is 9.30. The number of aromatic nitrogens is 1. The van der Waals surface area contributed by atoms with Gasteiger partial charge in [0.2, 0.25) is 5.91 Å². The topological polar surface area (TPSA) is 141 Å². The number of nitrogen functional groups attached to an aromatic ring is 1. The molecule has 0 aliphatic carbocycles. The second-order valence-corrected chi connectivity index (χ2v) is 10.7. The van der Waals surface area contributed by atoms with Gasteiger partial charge in [-0.3, -0.25) is 19.3 Å². The Morgan fingerprint density at radius 1 is 1.05 bits per heavy atom. The Labute approximate surface area is 227 Å². The van der Waals surface area contributed by atoms with E-state index < -0.39 is 23.4 Å². The summed E-state index contributed by atoms with van der Waals surface area (Å²) in [4.78, 5) is 41.3. The molecule has 0 spiro atoms. The normalized spacial score (nSPS) is 12.2. The van der Waals surface area contributed by atoms with Crippen LogP contribution >= 0.6 is 11.5 Å². The van der Waals surface area contributed by atoms with Gasteiger partial charge in [-0.15, -0.1) is 0 Å². The molecule has 0 saturated carbocycles. The third-order valence-corrected chi connectivity index (χ3v) is 7.35. The van der Waals surface area contributed by atoms with Crippen LogP contribution in [-0.4, -0.2) is 34.7 Å². The van der Waals surface area contributed by atoms with Gasteiger partial charge in [0.25, 0.3) is 11.8 Å². The third-order valence-electron chi connectivity index (χ3n) is 6.50. The molecule has 1 atom stereocenters. The zero-order valence-electron chi connectivity index (χ0n) is 22.6. The minimum Gasteiger partial charge on any atom is -0.497 e. The van der Waals surface area contributed by atoms with Gasteiger partial charge in [0.05, 0.1) is 12.8 Å². The average Bonchev–Trinajstić information content (AvgIpc) is 3.28. The van der Waals surface area contributed by atoms with E-state index in [1.165, 1.54) is 4.90 Å². The van der Waals surface area contributed by atoms with E-state index >= 15 is 0 Å². The molecule has 1 aromatic heterocycles. The number of ether oxygens (including phenoxy) is 1. The van der Waals surface area contributed by atoms with Crippen molar-refractivity contribution in [3.8, 4) is 5.75 Å². The summed E-state index contributed by atoms with van der Waals surface area (Å²) in [5.74, 6) is -0.898. The standard InChI is InChI=1S/C28H35N5O4S/c1-7-28(4,5)31-26(35)23(18-10-14-20(37-6)15-11-18)33(19-12-8-17(9-13-19)16(2)3)27(36)24-21(29)22(25(30)34)32-38-24/h8-16,23H,7,29H2,1-6H3,(H2,30,34)(H,31,35). The van der Waals surface area contributed by atoms with Gasteiger partial charge in [-0.25, -0.2) is 0 Å². The van der Waals surface area contributed by atoms with E-state index in [2.05, 4.69) is 23.5 Å². The lowest BCUT2D eigenvalue weighted by atomic mass is 9.97.